The molecule has 1 aliphatic heterocycles. The minimum absolute atomic E-state index is 0.151. The van der Waals surface area contributed by atoms with E-state index < -0.39 is 5.66 Å². The van der Waals surface area contributed by atoms with E-state index in [9.17, 15) is 9.59 Å². The summed E-state index contributed by atoms with van der Waals surface area (Å²) in [6, 6.07) is 14.0. The average Bonchev–Trinajstić information content (AvgIpc) is 3.53. The number of benzene rings is 2. The van der Waals surface area contributed by atoms with Crippen LogP contribution >= 0.6 is 0 Å². The van der Waals surface area contributed by atoms with Gasteiger partial charge in [0.15, 0.2) is 5.66 Å². The first-order chi connectivity index (χ1) is 14.1. The highest BCUT2D eigenvalue weighted by Crippen LogP contribution is 2.36. The van der Waals surface area contributed by atoms with Crippen molar-refractivity contribution in [1.82, 2.24) is 14.9 Å². The number of aromatic nitrogens is 2. The summed E-state index contributed by atoms with van der Waals surface area (Å²) in [4.78, 5) is 29.4. The van der Waals surface area contributed by atoms with Crippen LogP contribution in [0.2, 0.25) is 0 Å². The highest BCUT2D eigenvalue weighted by molar-refractivity contribution is 5.94. The Bertz CT molecular complexity index is 1180. The van der Waals surface area contributed by atoms with E-state index in [1.165, 1.54) is 10.9 Å². The van der Waals surface area contributed by atoms with Gasteiger partial charge in [-0.25, -0.2) is 4.98 Å². The SMILES string of the molecule is C#CCCC1(CCNC(=O)c2ccc(-n3cnc4ccccc4c3=O)cc2)N=N1. The molecule has 0 aliphatic carbocycles. The van der Waals surface area contributed by atoms with Crippen molar-refractivity contribution in [2.24, 2.45) is 10.2 Å². The third kappa shape index (κ3) is 3.92. The van der Waals surface area contributed by atoms with Crippen LogP contribution in [-0.2, 0) is 0 Å². The lowest BCUT2D eigenvalue weighted by Crippen LogP contribution is -2.28. The number of rotatable bonds is 7. The van der Waals surface area contributed by atoms with Crippen LogP contribution in [0.4, 0.5) is 0 Å². The molecule has 1 N–H and O–H groups in total. The van der Waals surface area contributed by atoms with Gasteiger partial charge >= 0.3 is 0 Å². The Morgan fingerprint density at radius 2 is 1.86 bits per heavy atom. The monoisotopic (exact) mass is 385 g/mol. The molecule has 1 aromatic heterocycles. The minimum atomic E-state index is -0.409. The molecule has 3 aromatic rings. The molecule has 0 fully saturated rings. The molecule has 0 saturated heterocycles. The van der Waals surface area contributed by atoms with Crippen molar-refractivity contribution in [2.45, 2.75) is 24.9 Å². The van der Waals surface area contributed by atoms with Crippen molar-refractivity contribution in [3.05, 3.63) is 70.8 Å². The fourth-order valence-electron chi connectivity index (χ4n) is 3.17. The van der Waals surface area contributed by atoms with Crippen LogP contribution in [0, 0.1) is 12.3 Å². The van der Waals surface area contributed by atoms with E-state index in [-0.39, 0.29) is 11.5 Å². The Balaban J connectivity index is 1.42. The van der Waals surface area contributed by atoms with E-state index in [2.05, 4.69) is 26.4 Å². The molecule has 4 rings (SSSR count). The van der Waals surface area contributed by atoms with Crippen LogP contribution < -0.4 is 10.9 Å². The van der Waals surface area contributed by atoms with Gasteiger partial charge in [0.1, 0.15) is 6.33 Å². The first-order valence-corrected chi connectivity index (χ1v) is 9.34. The number of terminal acetylenes is 1. The molecule has 7 heteroatoms. The molecule has 144 valence electrons. The number of para-hydroxylation sites is 1. The Kier molecular flexibility index (Phi) is 4.92. The number of hydrogen-bond acceptors (Lipinski definition) is 5. The van der Waals surface area contributed by atoms with Crippen molar-refractivity contribution in [2.75, 3.05) is 6.54 Å². The lowest BCUT2D eigenvalue weighted by molar-refractivity contribution is 0.0952. The molecule has 0 spiro atoms. The Morgan fingerprint density at radius 1 is 1.10 bits per heavy atom. The molecule has 1 amide bonds. The number of nitrogens with zero attached hydrogens (tertiary/aromatic N) is 4. The van der Waals surface area contributed by atoms with Crippen LogP contribution in [0.3, 0.4) is 0 Å². The normalized spacial score (nSPS) is 13.8. The van der Waals surface area contributed by atoms with Crippen molar-refractivity contribution >= 4 is 16.8 Å². The maximum atomic E-state index is 12.7. The zero-order chi connectivity index (χ0) is 20.3. The maximum Gasteiger partial charge on any atom is 0.265 e. The standard InChI is InChI=1S/C22H19N5O2/c1-2-3-12-22(25-26-22)13-14-23-20(28)16-8-10-17(11-9-16)27-15-24-19-7-5-4-6-18(19)21(27)29/h1,4-11,15H,3,12-14H2,(H,23,28). The summed E-state index contributed by atoms with van der Waals surface area (Å²) in [6.45, 7) is 0.464. The molecule has 0 radical (unpaired) electrons. The second-order valence-electron chi connectivity index (χ2n) is 6.88. The fraction of sp³-hybridized carbons (Fsp3) is 0.227. The largest absolute Gasteiger partial charge is 0.352 e. The number of amides is 1. The summed E-state index contributed by atoms with van der Waals surface area (Å²) in [5, 5.41) is 11.5. The first kappa shape index (κ1) is 18.6. The predicted octanol–water partition coefficient (Wildman–Crippen LogP) is 3.08. The van der Waals surface area contributed by atoms with Gasteiger partial charge in [0.05, 0.1) is 16.6 Å². The maximum absolute atomic E-state index is 12.7. The molecule has 7 nitrogen and oxygen atoms in total. The van der Waals surface area contributed by atoms with Crippen molar-refractivity contribution in [3.8, 4) is 18.0 Å². The number of carbonyl (C=O) groups is 1. The van der Waals surface area contributed by atoms with Crippen LogP contribution in [0.1, 0.15) is 29.6 Å². The van der Waals surface area contributed by atoms with E-state index >= 15 is 0 Å². The summed E-state index contributed by atoms with van der Waals surface area (Å²) in [5.74, 6) is 2.40. The van der Waals surface area contributed by atoms with Gasteiger partial charge in [-0.05, 0) is 36.4 Å². The molecule has 1 aliphatic rings. The average molecular weight is 385 g/mol. The fourth-order valence-corrected chi connectivity index (χ4v) is 3.17. The Hall–Kier alpha value is -3.79. The second kappa shape index (κ2) is 7.68. The van der Waals surface area contributed by atoms with Gasteiger partial charge in [0, 0.05) is 31.4 Å². The third-order valence-electron chi connectivity index (χ3n) is 4.94. The topological polar surface area (TPSA) is 88.7 Å². The minimum Gasteiger partial charge on any atom is -0.352 e. The number of hydrogen-bond donors (Lipinski definition) is 1. The summed E-state index contributed by atoms with van der Waals surface area (Å²) in [7, 11) is 0. The van der Waals surface area contributed by atoms with E-state index in [0.717, 1.165) is 0 Å². The zero-order valence-corrected chi connectivity index (χ0v) is 15.7. The molecule has 0 saturated carbocycles. The van der Waals surface area contributed by atoms with Gasteiger partial charge in [-0.1, -0.05) is 12.1 Å². The Morgan fingerprint density at radius 3 is 2.59 bits per heavy atom. The molecular formula is C22H19N5O2. The lowest BCUT2D eigenvalue weighted by atomic mass is 10.0. The van der Waals surface area contributed by atoms with Crippen LogP contribution in [0.15, 0.2) is 69.9 Å². The second-order valence-corrected chi connectivity index (χ2v) is 6.88. The predicted molar refractivity (Wildman–Crippen MR) is 110 cm³/mol. The third-order valence-corrected chi connectivity index (χ3v) is 4.94. The summed E-state index contributed by atoms with van der Waals surface area (Å²) < 4.78 is 1.47. The van der Waals surface area contributed by atoms with Gasteiger partial charge in [0.2, 0.25) is 0 Å². The van der Waals surface area contributed by atoms with Crippen molar-refractivity contribution < 1.29 is 4.79 Å². The van der Waals surface area contributed by atoms with Crippen LogP contribution in [-0.4, -0.2) is 27.7 Å². The van der Waals surface area contributed by atoms with Gasteiger partial charge in [-0.3, -0.25) is 14.2 Å². The van der Waals surface area contributed by atoms with Gasteiger partial charge in [-0.15, -0.1) is 12.3 Å². The van der Waals surface area contributed by atoms with Crippen molar-refractivity contribution in [3.63, 3.8) is 0 Å². The lowest BCUT2D eigenvalue weighted by Gasteiger charge is -2.10. The van der Waals surface area contributed by atoms with Gasteiger partial charge < -0.3 is 5.32 Å². The molecular weight excluding hydrogens is 366 g/mol. The molecule has 29 heavy (non-hydrogen) atoms. The van der Waals surface area contributed by atoms with E-state index in [1.54, 1.807) is 36.4 Å². The Labute approximate surface area is 167 Å². The molecule has 0 unspecified atom stereocenters. The van der Waals surface area contributed by atoms with Crippen LogP contribution in [0.5, 0.6) is 0 Å². The number of carbonyl (C=O) groups excluding carboxylic acids is 1. The highest BCUT2D eigenvalue weighted by Gasteiger charge is 2.38. The van der Waals surface area contributed by atoms with Gasteiger partial charge in [0.25, 0.3) is 11.5 Å². The van der Waals surface area contributed by atoms with Crippen LogP contribution in [0.25, 0.3) is 16.6 Å². The molecule has 2 heterocycles. The number of fused-ring (bicyclic) bond motifs is 1. The van der Waals surface area contributed by atoms with E-state index in [4.69, 9.17) is 6.42 Å². The smallest absolute Gasteiger partial charge is 0.265 e. The van der Waals surface area contributed by atoms with E-state index in [1.807, 2.05) is 12.1 Å². The summed E-state index contributed by atoms with van der Waals surface area (Å²) in [5.41, 5.74) is 1.25. The number of nitrogens with one attached hydrogen (secondary N) is 1. The quantitative estimate of drug-likeness (QED) is 0.634. The van der Waals surface area contributed by atoms with Crippen molar-refractivity contribution in [1.29, 1.82) is 0 Å². The van der Waals surface area contributed by atoms with E-state index in [0.29, 0.717) is 48.0 Å². The summed E-state index contributed by atoms with van der Waals surface area (Å²) in [6.07, 6.45) is 8.74. The zero-order valence-electron chi connectivity index (χ0n) is 15.7. The first-order valence-electron chi connectivity index (χ1n) is 9.34. The molecule has 0 bridgehead atoms. The molecule has 0 atom stereocenters. The van der Waals surface area contributed by atoms with Gasteiger partial charge in [-0.2, -0.15) is 10.2 Å². The summed E-state index contributed by atoms with van der Waals surface area (Å²) >= 11 is 0. The highest BCUT2D eigenvalue weighted by atomic mass is 16.1. The molecule has 2 aromatic carbocycles.